The van der Waals surface area contributed by atoms with Crippen LogP contribution in [0.2, 0.25) is 10.0 Å². The number of ether oxygens (including phenoxy) is 2. The Hall–Kier alpha value is -2.42. The van der Waals surface area contributed by atoms with Crippen molar-refractivity contribution in [3.8, 4) is 11.5 Å². The summed E-state index contributed by atoms with van der Waals surface area (Å²) in [6.45, 7) is 1.56. The predicted octanol–water partition coefficient (Wildman–Crippen LogP) is 4.10. The molecular weight excluding hydrogens is 439 g/mol. The maximum absolute atomic E-state index is 11.9. The van der Waals surface area contributed by atoms with Crippen LogP contribution < -0.4 is 14.9 Å². The molecule has 10 heteroatoms. The van der Waals surface area contributed by atoms with E-state index in [1.165, 1.54) is 24.0 Å². The molecule has 0 bridgehead atoms. The summed E-state index contributed by atoms with van der Waals surface area (Å²) < 4.78 is 10.6. The molecule has 2 aromatic carbocycles. The van der Waals surface area contributed by atoms with Gasteiger partial charge in [0.05, 0.1) is 23.6 Å². The number of carboxylic acid groups (broad SMARTS) is 1. The Bertz CT molecular complexity index is 891. The third-order valence-electron chi connectivity index (χ3n) is 3.26. The number of carbonyl (C=O) groups is 2. The average molecular weight is 457 g/mol. The number of thioether (sulfide) groups is 1. The predicted molar refractivity (Wildman–Crippen MR) is 114 cm³/mol. The molecule has 0 aromatic heterocycles. The number of aliphatic carboxylic acids is 1. The Balaban J connectivity index is 1.97. The van der Waals surface area contributed by atoms with Crippen LogP contribution in [0.1, 0.15) is 12.5 Å². The van der Waals surface area contributed by atoms with Gasteiger partial charge in [-0.1, -0.05) is 23.2 Å². The number of nitrogens with zero attached hydrogens (tertiary/aromatic N) is 1. The summed E-state index contributed by atoms with van der Waals surface area (Å²) in [5, 5.41) is 13.5. The molecule has 0 saturated carbocycles. The fourth-order valence-electron chi connectivity index (χ4n) is 2.09. The van der Waals surface area contributed by atoms with Crippen LogP contribution in [-0.4, -0.2) is 42.2 Å². The van der Waals surface area contributed by atoms with Gasteiger partial charge in [-0.15, -0.1) is 11.8 Å². The zero-order chi connectivity index (χ0) is 21.2. The van der Waals surface area contributed by atoms with Crippen LogP contribution >= 0.6 is 35.0 Å². The van der Waals surface area contributed by atoms with Gasteiger partial charge in [-0.3, -0.25) is 4.79 Å². The lowest BCUT2D eigenvalue weighted by Crippen LogP contribution is -2.19. The number of amides is 1. The van der Waals surface area contributed by atoms with E-state index in [1.54, 1.807) is 25.1 Å². The molecule has 2 aromatic rings. The van der Waals surface area contributed by atoms with Crippen LogP contribution in [0.3, 0.4) is 0 Å². The van der Waals surface area contributed by atoms with Gasteiger partial charge in [0, 0.05) is 9.92 Å². The zero-order valence-corrected chi connectivity index (χ0v) is 17.7. The van der Waals surface area contributed by atoms with Crippen molar-refractivity contribution in [1.29, 1.82) is 0 Å². The highest BCUT2D eigenvalue weighted by Gasteiger charge is 2.13. The van der Waals surface area contributed by atoms with Gasteiger partial charge in [0.2, 0.25) is 5.91 Å². The van der Waals surface area contributed by atoms with E-state index in [1.807, 2.05) is 12.1 Å². The highest BCUT2D eigenvalue weighted by molar-refractivity contribution is 8.00. The first-order valence-electron chi connectivity index (χ1n) is 8.40. The smallest absolute Gasteiger partial charge is 0.341 e. The van der Waals surface area contributed by atoms with Crippen molar-refractivity contribution in [2.45, 2.75) is 11.8 Å². The van der Waals surface area contributed by atoms with Crippen molar-refractivity contribution in [2.75, 3.05) is 19.0 Å². The SMILES string of the molecule is CCOc1cc(/C=N\NC(=O)CSc2ccc(Cl)cc2)cc(Cl)c1OCC(=O)O. The topological polar surface area (TPSA) is 97.2 Å². The molecule has 0 fully saturated rings. The van der Waals surface area contributed by atoms with Crippen LogP contribution in [0.15, 0.2) is 46.4 Å². The summed E-state index contributed by atoms with van der Waals surface area (Å²) in [7, 11) is 0. The monoisotopic (exact) mass is 456 g/mol. The molecule has 2 rings (SSSR count). The van der Waals surface area contributed by atoms with Crippen molar-refractivity contribution in [1.82, 2.24) is 5.43 Å². The maximum Gasteiger partial charge on any atom is 0.341 e. The Morgan fingerprint density at radius 1 is 1.21 bits per heavy atom. The van der Waals surface area contributed by atoms with E-state index in [2.05, 4.69) is 10.5 Å². The fraction of sp³-hybridized carbons (Fsp3) is 0.211. The van der Waals surface area contributed by atoms with Gasteiger partial charge in [0.25, 0.3) is 0 Å². The quantitative estimate of drug-likeness (QED) is 0.317. The molecule has 0 radical (unpaired) electrons. The van der Waals surface area contributed by atoms with E-state index < -0.39 is 12.6 Å². The van der Waals surface area contributed by atoms with E-state index >= 15 is 0 Å². The minimum Gasteiger partial charge on any atom is -0.490 e. The summed E-state index contributed by atoms with van der Waals surface area (Å²) >= 11 is 13.3. The molecule has 0 unspecified atom stereocenters. The first-order chi connectivity index (χ1) is 13.9. The molecule has 0 aliphatic heterocycles. The van der Waals surface area contributed by atoms with Crippen LogP contribution in [0.25, 0.3) is 0 Å². The van der Waals surface area contributed by atoms with Gasteiger partial charge in [0.1, 0.15) is 0 Å². The number of carbonyl (C=O) groups excluding carboxylic acids is 1. The summed E-state index contributed by atoms with van der Waals surface area (Å²) in [5.74, 6) is -0.804. The lowest BCUT2D eigenvalue weighted by molar-refractivity contribution is -0.139. The molecule has 154 valence electrons. The molecule has 7 nitrogen and oxygen atoms in total. The van der Waals surface area contributed by atoms with Crippen LogP contribution in [-0.2, 0) is 9.59 Å². The number of hydrogen-bond donors (Lipinski definition) is 2. The van der Waals surface area contributed by atoms with Gasteiger partial charge in [0.15, 0.2) is 18.1 Å². The van der Waals surface area contributed by atoms with E-state index in [0.29, 0.717) is 17.2 Å². The van der Waals surface area contributed by atoms with Gasteiger partial charge >= 0.3 is 5.97 Å². The Morgan fingerprint density at radius 3 is 2.59 bits per heavy atom. The molecule has 0 saturated heterocycles. The molecular formula is C19H18Cl2N2O5S. The molecule has 0 aliphatic carbocycles. The number of rotatable bonds is 10. The number of hydrazone groups is 1. The fourth-order valence-corrected chi connectivity index (χ4v) is 3.18. The number of nitrogens with one attached hydrogen (secondary N) is 1. The van der Waals surface area contributed by atoms with Crippen molar-refractivity contribution in [3.63, 3.8) is 0 Å². The van der Waals surface area contributed by atoms with Crippen molar-refractivity contribution in [3.05, 3.63) is 52.0 Å². The number of halogens is 2. The summed E-state index contributed by atoms with van der Waals surface area (Å²) in [4.78, 5) is 23.5. The van der Waals surface area contributed by atoms with E-state index in [9.17, 15) is 9.59 Å². The minimum atomic E-state index is -1.13. The first kappa shape index (κ1) is 22.9. The van der Waals surface area contributed by atoms with Crippen LogP contribution in [0.4, 0.5) is 0 Å². The summed E-state index contributed by atoms with van der Waals surface area (Å²) in [6, 6.07) is 10.3. The van der Waals surface area contributed by atoms with E-state index in [0.717, 1.165) is 4.90 Å². The number of carboxylic acids is 1. The van der Waals surface area contributed by atoms with Gasteiger partial charge in [-0.2, -0.15) is 5.10 Å². The minimum absolute atomic E-state index is 0.136. The normalized spacial score (nSPS) is 10.7. The second kappa shape index (κ2) is 11.5. The summed E-state index contributed by atoms with van der Waals surface area (Å²) in [5.41, 5.74) is 2.98. The summed E-state index contributed by atoms with van der Waals surface area (Å²) in [6.07, 6.45) is 1.40. The van der Waals surface area contributed by atoms with Gasteiger partial charge in [-0.25, -0.2) is 10.2 Å². The van der Waals surface area contributed by atoms with Crippen molar-refractivity contribution < 1.29 is 24.2 Å². The molecule has 0 spiro atoms. The average Bonchev–Trinajstić information content (AvgIpc) is 2.67. The maximum atomic E-state index is 11.9. The third kappa shape index (κ3) is 7.84. The van der Waals surface area contributed by atoms with Crippen molar-refractivity contribution >= 4 is 53.1 Å². The molecule has 2 N–H and O–H groups in total. The Labute approximate surface area is 182 Å². The van der Waals surface area contributed by atoms with Gasteiger partial charge in [-0.05, 0) is 48.9 Å². The van der Waals surface area contributed by atoms with Crippen LogP contribution in [0, 0.1) is 0 Å². The highest BCUT2D eigenvalue weighted by atomic mass is 35.5. The standard InChI is InChI=1S/C19H18Cl2N2O5S/c1-2-27-16-8-12(7-15(21)19(16)28-10-18(25)26)9-22-23-17(24)11-29-14-5-3-13(20)4-6-14/h3-9H,2,10-11H2,1H3,(H,23,24)(H,25,26)/b22-9-. The lowest BCUT2D eigenvalue weighted by atomic mass is 10.2. The number of hydrogen-bond acceptors (Lipinski definition) is 6. The van der Waals surface area contributed by atoms with E-state index in [-0.39, 0.29) is 28.2 Å². The Morgan fingerprint density at radius 2 is 1.93 bits per heavy atom. The largest absolute Gasteiger partial charge is 0.490 e. The Kier molecular flexibility index (Phi) is 9.11. The van der Waals surface area contributed by atoms with Crippen molar-refractivity contribution in [2.24, 2.45) is 5.10 Å². The molecule has 1 amide bonds. The first-order valence-corrected chi connectivity index (χ1v) is 10.1. The third-order valence-corrected chi connectivity index (χ3v) is 4.80. The molecule has 0 aliphatic rings. The van der Waals surface area contributed by atoms with Gasteiger partial charge < -0.3 is 14.6 Å². The molecule has 0 atom stereocenters. The highest BCUT2D eigenvalue weighted by Crippen LogP contribution is 2.36. The second-order valence-corrected chi connectivity index (χ2v) is 7.37. The second-order valence-electron chi connectivity index (χ2n) is 5.48. The van der Waals surface area contributed by atoms with E-state index in [4.69, 9.17) is 37.8 Å². The van der Waals surface area contributed by atoms with Crippen LogP contribution in [0.5, 0.6) is 11.5 Å². The molecule has 29 heavy (non-hydrogen) atoms. The lowest BCUT2D eigenvalue weighted by Gasteiger charge is -2.13. The molecule has 0 heterocycles. The zero-order valence-electron chi connectivity index (χ0n) is 15.4. The number of benzene rings is 2.